The summed E-state index contributed by atoms with van der Waals surface area (Å²) >= 11 is 0. The summed E-state index contributed by atoms with van der Waals surface area (Å²) in [6.45, 7) is 0.186. The molecule has 10 heteroatoms. The van der Waals surface area contributed by atoms with Crippen LogP contribution in [0.1, 0.15) is 21.8 Å². The Morgan fingerprint density at radius 3 is 2.39 bits per heavy atom. The minimum atomic E-state index is -4.81. The van der Waals surface area contributed by atoms with Gasteiger partial charge in [-0.1, -0.05) is 23.4 Å². The zero-order chi connectivity index (χ0) is 20.3. The van der Waals surface area contributed by atoms with Gasteiger partial charge in [0, 0.05) is 12.1 Å². The predicted octanol–water partition coefficient (Wildman–Crippen LogP) is 4.01. The number of amides is 1. The molecule has 0 aliphatic rings. The van der Waals surface area contributed by atoms with E-state index in [1.165, 1.54) is 18.2 Å². The lowest BCUT2D eigenvalue weighted by Gasteiger charge is -2.07. The van der Waals surface area contributed by atoms with E-state index >= 15 is 0 Å². The molecular weight excluding hydrogens is 385 g/mol. The summed E-state index contributed by atoms with van der Waals surface area (Å²) in [5, 5.41) is 5.67. The molecule has 0 spiro atoms. The zero-order valence-electron chi connectivity index (χ0n) is 14.1. The lowest BCUT2D eigenvalue weighted by atomic mass is 10.1. The third-order valence-corrected chi connectivity index (χ3v) is 3.75. The molecule has 0 bridgehead atoms. The number of alkyl halides is 3. The highest BCUT2D eigenvalue weighted by molar-refractivity contribution is 5.94. The molecule has 2 aromatic carbocycles. The number of carbonyl (C=O) groups is 1. The van der Waals surface area contributed by atoms with Crippen LogP contribution in [-0.2, 0) is 12.6 Å². The first-order chi connectivity index (χ1) is 13.2. The molecular formula is C18H12F5N3O2. The van der Waals surface area contributed by atoms with Crippen LogP contribution in [0.4, 0.5) is 22.0 Å². The average molecular weight is 397 g/mol. The number of benzene rings is 2. The number of nitrogens with zero attached hydrogens (tertiary/aromatic N) is 2. The van der Waals surface area contributed by atoms with Crippen LogP contribution in [0.25, 0.3) is 11.4 Å². The van der Waals surface area contributed by atoms with E-state index in [0.29, 0.717) is 6.42 Å². The normalized spacial score (nSPS) is 11.5. The number of rotatable bonds is 5. The smallest absolute Gasteiger partial charge is 0.352 e. The van der Waals surface area contributed by atoms with Crippen molar-refractivity contribution in [1.29, 1.82) is 0 Å². The predicted molar refractivity (Wildman–Crippen MR) is 87.1 cm³/mol. The van der Waals surface area contributed by atoms with E-state index in [9.17, 15) is 26.7 Å². The Bertz CT molecular complexity index is 984. The van der Waals surface area contributed by atoms with Gasteiger partial charge >= 0.3 is 12.1 Å². The van der Waals surface area contributed by atoms with Crippen molar-refractivity contribution in [3.05, 3.63) is 71.1 Å². The average Bonchev–Trinajstić information content (AvgIpc) is 3.14. The SMILES string of the molecule is O=C(NCCc1ccc(F)cc1)c1ccc(-c2noc(C(F)(F)F)n2)cc1F. The van der Waals surface area contributed by atoms with E-state index in [0.717, 1.165) is 17.7 Å². The molecule has 1 heterocycles. The highest BCUT2D eigenvalue weighted by atomic mass is 19.4. The van der Waals surface area contributed by atoms with Gasteiger partial charge in [-0.05, 0) is 36.2 Å². The molecule has 0 saturated heterocycles. The second-order valence-corrected chi connectivity index (χ2v) is 5.75. The van der Waals surface area contributed by atoms with Crippen molar-refractivity contribution < 1.29 is 31.3 Å². The molecule has 3 rings (SSSR count). The number of aromatic nitrogens is 2. The molecule has 0 unspecified atom stereocenters. The molecule has 1 aromatic heterocycles. The zero-order valence-corrected chi connectivity index (χ0v) is 14.1. The minimum absolute atomic E-state index is 0.0698. The summed E-state index contributed by atoms with van der Waals surface area (Å²) in [5.41, 5.74) is 0.428. The first-order valence-electron chi connectivity index (χ1n) is 7.97. The van der Waals surface area contributed by atoms with Crippen molar-refractivity contribution in [3.8, 4) is 11.4 Å². The maximum absolute atomic E-state index is 14.2. The number of hydrogen-bond donors (Lipinski definition) is 1. The van der Waals surface area contributed by atoms with Crippen LogP contribution in [0, 0.1) is 11.6 Å². The Labute approximate surface area is 155 Å². The molecule has 0 aliphatic heterocycles. The molecule has 1 N–H and O–H groups in total. The summed E-state index contributed by atoms with van der Waals surface area (Å²) in [6.07, 6.45) is -4.40. The van der Waals surface area contributed by atoms with Gasteiger partial charge in [-0.15, -0.1) is 0 Å². The van der Waals surface area contributed by atoms with E-state index in [-0.39, 0.29) is 23.5 Å². The summed E-state index contributed by atoms with van der Waals surface area (Å²) in [4.78, 5) is 15.2. The molecule has 3 aromatic rings. The lowest BCUT2D eigenvalue weighted by Crippen LogP contribution is -2.26. The van der Waals surface area contributed by atoms with Crippen LogP contribution in [0.15, 0.2) is 47.0 Å². The van der Waals surface area contributed by atoms with Gasteiger partial charge in [0.2, 0.25) is 5.82 Å². The van der Waals surface area contributed by atoms with E-state index in [1.807, 2.05) is 0 Å². The van der Waals surface area contributed by atoms with E-state index in [2.05, 4.69) is 20.0 Å². The fourth-order valence-electron chi connectivity index (χ4n) is 2.36. The quantitative estimate of drug-likeness (QED) is 0.661. The number of halogens is 5. The van der Waals surface area contributed by atoms with Crippen LogP contribution in [-0.4, -0.2) is 22.6 Å². The Hall–Kier alpha value is -3.30. The van der Waals surface area contributed by atoms with Gasteiger partial charge in [-0.25, -0.2) is 8.78 Å². The van der Waals surface area contributed by atoms with Crippen molar-refractivity contribution >= 4 is 5.91 Å². The Morgan fingerprint density at radius 2 is 1.79 bits per heavy atom. The van der Waals surface area contributed by atoms with Gasteiger partial charge in [0.05, 0.1) is 5.56 Å². The molecule has 28 heavy (non-hydrogen) atoms. The number of hydrogen-bond acceptors (Lipinski definition) is 4. The van der Waals surface area contributed by atoms with Gasteiger partial charge < -0.3 is 9.84 Å². The van der Waals surface area contributed by atoms with Crippen molar-refractivity contribution in [3.63, 3.8) is 0 Å². The van der Waals surface area contributed by atoms with Crippen molar-refractivity contribution in [2.45, 2.75) is 12.6 Å². The molecule has 1 amide bonds. The largest absolute Gasteiger partial charge is 0.471 e. The fraction of sp³-hybridized carbons (Fsp3) is 0.167. The molecule has 0 atom stereocenters. The van der Waals surface area contributed by atoms with Crippen LogP contribution in [0.2, 0.25) is 0 Å². The van der Waals surface area contributed by atoms with Gasteiger partial charge in [-0.3, -0.25) is 4.79 Å². The van der Waals surface area contributed by atoms with Crippen LogP contribution >= 0.6 is 0 Å². The van der Waals surface area contributed by atoms with Gasteiger partial charge in [0.15, 0.2) is 0 Å². The third-order valence-electron chi connectivity index (χ3n) is 3.75. The molecule has 5 nitrogen and oxygen atoms in total. The summed E-state index contributed by atoms with van der Waals surface area (Å²) in [5.74, 6) is -4.02. The second-order valence-electron chi connectivity index (χ2n) is 5.75. The summed E-state index contributed by atoms with van der Waals surface area (Å²) in [7, 11) is 0. The van der Waals surface area contributed by atoms with E-state index < -0.39 is 29.6 Å². The first-order valence-corrected chi connectivity index (χ1v) is 7.97. The van der Waals surface area contributed by atoms with Crippen molar-refractivity contribution in [2.75, 3.05) is 6.54 Å². The second kappa shape index (κ2) is 7.75. The molecule has 0 saturated carbocycles. The third kappa shape index (κ3) is 4.51. The van der Waals surface area contributed by atoms with E-state index in [1.54, 1.807) is 12.1 Å². The van der Waals surface area contributed by atoms with Gasteiger partial charge in [0.25, 0.3) is 5.91 Å². The van der Waals surface area contributed by atoms with Crippen LogP contribution in [0.5, 0.6) is 0 Å². The van der Waals surface area contributed by atoms with E-state index in [4.69, 9.17) is 0 Å². The Morgan fingerprint density at radius 1 is 1.07 bits per heavy atom. The standard InChI is InChI=1S/C18H12F5N3O2/c19-12-4-1-10(2-5-12)7-8-24-16(27)13-6-3-11(9-14(13)20)15-25-17(28-26-15)18(21,22)23/h1-6,9H,7-8H2,(H,24,27). The van der Waals surface area contributed by atoms with Gasteiger partial charge in [-0.2, -0.15) is 18.2 Å². The van der Waals surface area contributed by atoms with Crippen LogP contribution < -0.4 is 5.32 Å². The highest BCUT2D eigenvalue weighted by Crippen LogP contribution is 2.29. The first kappa shape index (κ1) is 19.5. The van der Waals surface area contributed by atoms with Crippen molar-refractivity contribution in [1.82, 2.24) is 15.5 Å². The van der Waals surface area contributed by atoms with Gasteiger partial charge in [0.1, 0.15) is 11.6 Å². The fourth-order valence-corrected chi connectivity index (χ4v) is 2.36. The molecule has 0 radical (unpaired) electrons. The molecule has 146 valence electrons. The Kier molecular flexibility index (Phi) is 5.39. The minimum Gasteiger partial charge on any atom is -0.352 e. The Balaban J connectivity index is 1.65. The van der Waals surface area contributed by atoms with Crippen LogP contribution in [0.3, 0.4) is 0 Å². The molecule has 0 fully saturated rings. The van der Waals surface area contributed by atoms with Crippen molar-refractivity contribution in [2.24, 2.45) is 0 Å². The summed E-state index contributed by atoms with van der Waals surface area (Å²) in [6, 6.07) is 8.88. The monoisotopic (exact) mass is 397 g/mol. The summed E-state index contributed by atoms with van der Waals surface area (Å²) < 4.78 is 68.6. The number of nitrogens with one attached hydrogen (secondary N) is 1. The molecule has 0 aliphatic carbocycles. The maximum Gasteiger partial charge on any atom is 0.471 e. The maximum atomic E-state index is 14.2. The lowest BCUT2D eigenvalue weighted by molar-refractivity contribution is -0.159. The topological polar surface area (TPSA) is 68.0 Å². The number of carbonyl (C=O) groups excluding carboxylic acids is 1. The highest BCUT2D eigenvalue weighted by Gasteiger charge is 2.38.